The molecule has 1 aromatic heterocycles. The summed E-state index contributed by atoms with van der Waals surface area (Å²) in [5.41, 5.74) is 0.571. The number of imide groups is 1. The van der Waals surface area contributed by atoms with Gasteiger partial charge in [0.2, 0.25) is 5.91 Å². The Morgan fingerprint density at radius 1 is 1.18 bits per heavy atom. The number of anilines is 1. The molecule has 22 heavy (non-hydrogen) atoms. The molecule has 0 aliphatic rings. The van der Waals surface area contributed by atoms with E-state index in [0.717, 1.165) is 16.2 Å². The minimum atomic E-state index is -0.615. The van der Waals surface area contributed by atoms with E-state index in [9.17, 15) is 14.8 Å². The van der Waals surface area contributed by atoms with Gasteiger partial charge in [0, 0.05) is 22.3 Å². The van der Waals surface area contributed by atoms with E-state index in [1.165, 1.54) is 6.20 Å². The van der Waals surface area contributed by atoms with Gasteiger partial charge in [-0.05, 0) is 42.1 Å². The average Bonchev–Trinajstić information content (AvgIpc) is 2.49. The van der Waals surface area contributed by atoms with Crippen LogP contribution in [0.25, 0.3) is 0 Å². The molecule has 6 nitrogen and oxygen atoms in total. The average molecular weight is 382 g/mol. The molecule has 0 unspecified atom stereocenters. The number of urea groups is 1. The highest BCUT2D eigenvalue weighted by Gasteiger charge is 2.11. The topological polar surface area (TPSA) is 85.1 Å². The molecule has 0 saturated heterocycles. The predicted molar refractivity (Wildman–Crippen MR) is 87.4 cm³/mol. The summed E-state index contributed by atoms with van der Waals surface area (Å²) in [6.07, 6.45) is 1.35. The zero-order valence-corrected chi connectivity index (χ0v) is 13.7. The number of carbonyl (C=O) groups is 2. The van der Waals surface area contributed by atoms with E-state index >= 15 is 0 Å². The minimum absolute atomic E-state index is 0.0278. The number of aromatic nitrogens is 1. The Morgan fingerprint density at radius 3 is 2.59 bits per heavy atom. The highest BCUT2D eigenvalue weighted by atomic mass is 79.9. The van der Waals surface area contributed by atoms with E-state index in [-0.39, 0.29) is 5.75 Å². The van der Waals surface area contributed by atoms with Crippen LogP contribution < -0.4 is 15.4 Å². The largest absolute Gasteiger partial charge is 0.618 e. The van der Waals surface area contributed by atoms with E-state index < -0.39 is 11.9 Å². The number of nitrogens with zero attached hydrogens (tertiary/aromatic N) is 1. The van der Waals surface area contributed by atoms with Crippen molar-refractivity contribution < 1.29 is 14.3 Å². The monoisotopic (exact) mass is 381 g/mol. The summed E-state index contributed by atoms with van der Waals surface area (Å²) < 4.78 is 1.56. The molecule has 1 aromatic carbocycles. The van der Waals surface area contributed by atoms with Gasteiger partial charge in [-0.15, -0.1) is 0 Å². The minimum Gasteiger partial charge on any atom is -0.618 e. The molecule has 2 rings (SSSR count). The van der Waals surface area contributed by atoms with E-state index in [0.29, 0.717) is 15.4 Å². The second kappa shape index (κ2) is 7.81. The summed E-state index contributed by atoms with van der Waals surface area (Å²) >= 11 is 4.35. The Bertz CT molecular complexity index is 679. The zero-order valence-electron chi connectivity index (χ0n) is 11.3. The SMILES string of the molecule is O=C(CSc1cccc[n+]1[O-])NC(=O)Nc1ccc(Br)cc1. The molecule has 0 atom stereocenters. The fraction of sp³-hybridized carbons (Fsp3) is 0.0714. The van der Waals surface area contributed by atoms with Crippen LogP contribution in [-0.2, 0) is 4.79 Å². The summed E-state index contributed by atoms with van der Waals surface area (Å²) in [5.74, 6) is -0.511. The van der Waals surface area contributed by atoms with Crippen LogP contribution in [0.2, 0.25) is 0 Å². The maximum Gasteiger partial charge on any atom is 0.325 e. The maximum absolute atomic E-state index is 11.7. The number of nitrogens with one attached hydrogen (secondary N) is 2. The van der Waals surface area contributed by atoms with Gasteiger partial charge in [0.1, 0.15) is 0 Å². The Labute approximate surface area is 139 Å². The summed E-state index contributed by atoms with van der Waals surface area (Å²) in [7, 11) is 0. The van der Waals surface area contributed by atoms with Crippen LogP contribution in [-0.4, -0.2) is 17.7 Å². The number of amides is 3. The molecular weight excluding hydrogens is 370 g/mol. The van der Waals surface area contributed by atoms with Crippen molar-refractivity contribution in [2.45, 2.75) is 5.03 Å². The molecule has 2 N–H and O–H groups in total. The number of rotatable bonds is 4. The van der Waals surface area contributed by atoms with Gasteiger partial charge in [0.25, 0.3) is 5.03 Å². The summed E-state index contributed by atoms with van der Waals surface area (Å²) in [5, 5.41) is 16.5. The number of benzene rings is 1. The van der Waals surface area contributed by atoms with Crippen LogP contribution in [0.3, 0.4) is 0 Å². The van der Waals surface area contributed by atoms with Gasteiger partial charge in [0.15, 0.2) is 6.20 Å². The number of halogens is 1. The summed E-state index contributed by atoms with van der Waals surface area (Å²) in [4.78, 5) is 23.3. The molecule has 0 aliphatic carbocycles. The van der Waals surface area contributed by atoms with Crippen LogP contribution in [0, 0.1) is 5.21 Å². The zero-order chi connectivity index (χ0) is 15.9. The third-order valence-corrected chi connectivity index (χ3v) is 4.04. The Morgan fingerprint density at radius 2 is 1.91 bits per heavy atom. The molecule has 0 aliphatic heterocycles. The number of carbonyl (C=O) groups excluding carboxylic acids is 2. The van der Waals surface area contributed by atoms with Crippen LogP contribution in [0.15, 0.2) is 58.2 Å². The van der Waals surface area contributed by atoms with Crippen LogP contribution in [0.4, 0.5) is 10.5 Å². The van der Waals surface area contributed by atoms with Crippen molar-refractivity contribution in [1.29, 1.82) is 0 Å². The number of hydrogen-bond acceptors (Lipinski definition) is 4. The molecule has 0 saturated carbocycles. The first-order valence-corrected chi connectivity index (χ1v) is 8.00. The fourth-order valence-electron chi connectivity index (χ4n) is 1.52. The quantitative estimate of drug-likeness (QED) is 0.484. The number of pyridine rings is 1. The highest BCUT2D eigenvalue weighted by molar-refractivity contribution is 9.10. The van der Waals surface area contributed by atoms with Crippen molar-refractivity contribution >= 4 is 45.3 Å². The van der Waals surface area contributed by atoms with E-state index in [4.69, 9.17) is 0 Å². The van der Waals surface area contributed by atoms with E-state index in [1.54, 1.807) is 42.5 Å². The molecule has 0 radical (unpaired) electrons. The summed E-state index contributed by atoms with van der Waals surface area (Å²) in [6.45, 7) is 0. The van der Waals surface area contributed by atoms with Gasteiger partial charge < -0.3 is 10.5 Å². The molecule has 3 amide bonds. The first-order valence-electron chi connectivity index (χ1n) is 6.22. The van der Waals surface area contributed by atoms with Gasteiger partial charge in [-0.25, -0.2) is 4.79 Å². The lowest BCUT2D eigenvalue weighted by Gasteiger charge is -2.07. The Balaban J connectivity index is 1.80. The fourth-order valence-corrected chi connectivity index (χ4v) is 2.50. The third kappa shape index (κ3) is 5.05. The Kier molecular flexibility index (Phi) is 5.79. The number of hydrogen-bond donors (Lipinski definition) is 2. The highest BCUT2D eigenvalue weighted by Crippen LogP contribution is 2.14. The molecule has 114 valence electrons. The van der Waals surface area contributed by atoms with Crippen molar-refractivity contribution in [2.75, 3.05) is 11.1 Å². The first-order chi connectivity index (χ1) is 10.5. The lowest BCUT2D eigenvalue weighted by atomic mass is 10.3. The van der Waals surface area contributed by atoms with Crippen LogP contribution >= 0.6 is 27.7 Å². The van der Waals surface area contributed by atoms with Crippen LogP contribution in [0.1, 0.15) is 0 Å². The maximum atomic E-state index is 11.7. The number of thioether (sulfide) groups is 1. The van der Waals surface area contributed by atoms with Crippen molar-refractivity contribution in [2.24, 2.45) is 0 Å². The molecule has 1 heterocycles. The first kappa shape index (κ1) is 16.3. The van der Waals surface area contributed by atoms with Gasteiger partial charge in [-0.3, -0.25) is 10.1 Å². The lowest BCUT2D eigenvalue weighted by Crippen LogP contribution is -2.36. The van der Waals surface area contributed by atoms with Gasteiger partial charge in [0.05, 0.1) is 5.75 Å². The van der Waals surface area contributed by atoms with Gasteiger partial charge >= 0.3 is 6.03 Å². The normalized spacial score (nSPS) is 10.0. The predicted octanol–water partition coefficient (Wildman–Crippen LogP) is 2.52. The molecule has 0 bridgehead atoms. The second-order valence-corrected chi connectivity index (χ2v) is 6.07. The van der Waals surface area contributed by atoms with Gasteiger partial charge in [-0.2, -0.15) is 4.73 Å². The standard InChI is InChI=1S/C14H12BrN3O3S/c15-10-4-6-11(7-5-10)16-14(20)17-12(19)9-22-13-3-1-2-8-18(13)21/h1-8H,9H2,(H2,16,17,19,20). The molecule has 8 heteroatoms. The summed E-state index contributed by atoms with van der Waals surface area (Å²) in [6, 6.07) is 11.2. The van der Waals surface area contributed by atoms with Crippen molar-refractivity contribution in [1.82, 2.24) is 5.32 Å². The lowest BCUT2D eigenvalue weighted by molar-refractivity contribution is -0.645. The van der Waals surface area contributed by atoms with Gasteiger partial charge in [-0.1, -0.05) is 15.9 Å². The second-order valence-electron chi connectivity index (χ2n) is 4.16. The smallest absolute Gasteiger partial charge is 0.325 e. The molecule has 2 aromatic rings. The molecule has 0 fully saturated rings. The van der Waals surface area contributed by atoms with Crippen molar-refractivity contribution in [3.8, 4) is 0 Å². The van der Waals surface area contributed by atoms with Crippen LogP contribution in [0.5, 0.6) is 0 Å². The Hall–Kier alpha value is -2.06. The van der Waals surface area contributed by atoms with E-state index in [2.05, 4.69) is 26.6 Å². The van der Waals surface area contributed by atoms with Crippen molar-refractivity contribution in [3.05, 3.63) is 58.3 Å². The van der Waals surface area contributed by atoms with Crippen molar-refractivity contribution in [3.63, 3.8) is 0 Å². The molecular formula is C14H12BrN3O3S. The van der Waals surface area contributed by atoms with E-state index in [1.807, 2.05) is 0 Å². The molecule has 0 spiro atoms. The third-order valence-electron chi connectivity index (χ3n) is 2.49.